The van der Waals surface area contributed by atoms with Crippen molar-refractivity contribution in [3.63, 3.8) is 0 Å². The van der Waals surface area contributed by atoms with Crippen molar-refractivity contribution in [1.82, 2.24) is 15.0 Å². The molecule has 3 rings (SSSR count). The summed E-state index contributed by atoms with van der Waals surface area (Å²) in [7, 11) is 0. The molecule has 4 nitrogen and oxygen atoms in total. The number of nitrogens with two attached hydrogens (primary N) is 1. The van der Waals surface area contributed by atoms with Crippen molar-refractivity contribution in [2.45, 2.75) is 44.4 Å². The Labute approximate surface area is 119 Å². The van der Waals surface area contributed by atoms with Crippen LogP contribution in [0.15, 0.2) is 30.3 Å². The lowest BCUT2D eigenvalue weighted by molar-refractivity contribution is 0.559. The molecule has 1 aromatic heterocycles. The largest absolute Gasteiger partial charge is 0.368 e. The number of nitrogen functional groups attached to an aromatic ring is 1. The number of rotatable bonds is 2. The number of hydrogen-bond acceptors (Lipinski definition) is 4. The molecule has 2 N–H and O–H groups in total. The highest BCUT2D eigenvalue weighted by molar-refractivity contribution is 5.55. The zero-order chi connectivity index (χ0) is 13.8. The van der Waals surface area contributed by atoms with Crippen LogP contribution in [0.5, 0.6) is 0 Å². The minimum Gasteiger partial charge on any atom is -0.368 e. The second kappa shape index (κ2) is 5.99. The van der Waals surface area contributed by atoms with E-state index in [2.05, 4.69) is 15.0 Å². The highest BCUT2D eigenvalue weighted by atomic mass is 15.1. The Hall–Kier alpha value is -1.97. The maximum Gasteiger partial charge on any atom is 0.223 e. The standard InChI is InChI=1S/C16H20N4/c17-16-19-14(12-8-4-1-2-5-9-12)18-15(20-16)13-10-6-3-7-11-13/h3,6-7,10-12H,1-2,4-5,8-9H2,(H2,17,18,19,20). The van der Waals surface area contributed by atoms with Gasteiger partial charge in [0.2, 0.25) is 5.95 Å². The van der Waals surface area contributed by atoms with Gasteiger partial charge in [-0.1, -0.05) is 56.0 Å². The summed E-state index contributed by atoms with van der Waals surface area (Å²) < 4.78 is 0. The van der Waals surface area contributed by atoms with Gasteiger partial charge in [0.05, 0.1) is 0 Å². The van der Waals surface area contributed by atoms with Crippen LogP contribution in [0.1, 0.15) is 50.3 Å². The van der Waals surface area contributed by atoms with E-state index >= 15 is 0 Å². The third kappa shape index (κ3) is 2.95. The normalized spacial score (nSPS) is 16.8. The van der Waals surface area contributed by atoms with Crippen LogP contribution >= 0.6 is 0 Å². The Kier molecular flexibility index (Phi) is 3.90. The quantitative estimate of drug-likeness (QED) is 0.846. The fraction of sp³-hybridized carbons (Fsp3) is 0.438. The van der Waals surface area contributed by atoms with Crippen molar-refractivity contribution in [1.29, 1.82) is 0 Å². The third-order valence-corrected chi connectivity index (χ3v) is 3.92. The summed E-state index contributed by atoms with van der Waals surface area (Å²) in [5, 5.41) is 0. The molecule has 20 heavy (non-hydrogen) atoms. The van der Waals surface area contributed by atoms with E-state index in [1.165, 1.54) is 25.7 Å². The molecule has 1 saturated carbocycles. The number of nitrogens with zero attached hydrogens (tertiary/aromatic N) is 3. The SMILES string of the molecule is Nc1nc(-c2ccccc2)nc(C2CCCCCC2)n1. The highest BCUT2D eigenvalue weighted by Crippen LogP contribution is 2.30. The second-order valence-electron chi connectivity index (χ2n) is 5.43. The van der Waals surface area contributed by atoms with E-state index in [0.717, 1.165) is 24.2 Å². The number of anilines is 1. The Morgan fingerprint density at radius 2 is 1.55 bits per heavy atom. The Morgan fingerprint density at radius 1 is 0.850 bits per heavy atom. The predicted octanol–water partition coefficient (Wildman–Crippen LogP) is 3.56. The predicted molar refractivity (Wildman–Crippen MR) is 80.1 cm³/mol. The monoisotopic (exact) mass is 268 g/mol. The van der Waals surface area contributed by atoms with Crippen LogP contribution in [0.25, 0.3) is 11.4 Å². The van der Waals surface area contributed by atoms with E-state index in [1.54, 1.807) is 0 Å². The van der Waals surface area contributed by atoms with Gasteiger partial charge in [0.15, 0.2) is 5.82 Å². The van der Waals surface area contributed by atoms with Crippen LogP contribution in [0, 0.1) is 0 Å². The van der Waals surface area contributed by atoms with Gasteiger partial charge in [-0.25, -0.2) is 4.98 Å². The number of benzene rings is 1. The maximum atomic E-state index is 5.88. The van der Waals surface area contributed by atoms with Crippen LogP contribution < -0.4 is 5.73 Å². The topological polar surface area (TPSA) is 64.7 Å². The minimum absolute atomic E-state index is 0.332. The summed E-state index contributed by atoms with van der Waals surface area (Å²) in [6.45, 7) is 0. The van der Waals surface area contributed by atoms with Gasteiger partial charge in [-0.05, 0) is 12.8 Å². The first-order valence-corrected chi connectivity index (χ1v) is 7.40. The Balaban J connectivity index is 1.94. The molecule has 0 aliphatic heterocycles. The molecule has 0 spiro atoms. The van der Waals surface area contributed by atoms with Gasteiger partial charge in [-0.3, -0.25) is 0 Å². The molecule has 4 heteroatoms. The van der Waals surface area contributed by atoms with Crippen molar-refractivity contribution >= 4 is 5.95 Å². The van der Waals surface area contributed by atoms with E-state index < -0.39 is 0 Å². The van der Waals surface area contributed by atoms with Crippen LogP contribution in [-0.4, -0.2) is 15.0 Å². The van der Waals surface area contributed by atoms with E-state index in [0.29, 0.717) is 17.7 Å². The summed E-state index contributed by atoms with van der Waals surface area (Å²) in [5.74, 6) is 2.33. The third-order valence-electron chi connectivity index (χ3n) is 3.92. The van der Waals surface area contributed by atoms with Gasteiger partial charge >= 0.3 is 0 Å². The van der Waals surface area contributed by atoms with Crippen LogP contribution in [-0.2, 0) is 0 Å². The van der Waals surface area contributed by atoms with Crippen molar-refractivity contribution in [3.05, 3.63) is 36.2 Å². The molecule has 0 atom stereocenters. The van der Waals surface area contributed by atoms with Crippen molar-refractivity contribution < 1.29 is 0 Å². The lowest BCUT2D eigenvalue weighted by Gasteiger charge is -2.13. The molecular weight excluding hydrogens is 248 g/mol. The van der Waals surface area contributed by atoms with E-state index in [1.807, 2.05) is 30.3 Å². The first-order valence-electron chi connectivity index (χ1n) is 7.40. The molecule has 1 heterocycles. The van der Waals surface area contributed by atoms with Gasteiger partial charge in [0.25, 0.3) is 0 Å². The summed E-state index contributed by atoms with van der Waals surface area (Å²) in [6.07, 6.45) is 7.49. The molecule has 1 aliphatic rings. The van der Waals surface area contributed by atoms with Crippen molar-refractivity contribution in [2.24, 2.45) is 0 Å². The molecule has 2 aromatic rings. The van der Waals surface area contributed by atoms with Crippen molar-refractivity contribution in [2.75, 3.05) is 5.73 Å². The molecule has 0 radical (unpaired) electrons. The van der Waals surface area contributed by atoms with Gasteiger partial charge in [-0.15, -0.1) is 0 Å². The fourth-order valence-electron chi connectivity index (χ4n) is 2.85. The number of aromatic nitrogens is 3. The van der Waals surface area contributed by atoms with Gasteiger partial charge in [-0.2, -0.15) is 9.97 Å². The van der Waals surface area contributed by atoms with E-state index in [4.69, 9.17) is 5.73 Å². The molecule has 104 valence electrons. The second-order valence-corrected chi connectivity index (χ2v) is 5.43. The molecule has 0 amide bonds. The van der Waals surface area contributed by atoms with Gasteiger partial charge in [0.1, 0.15) is 5.82 Å². The smallest absolute Gasteiger partial charge is 0.223 e. The summed E-state index contributed by atoms with van der Waals surface area (Å²) in [6, 6.07) is 9.97. The van der Waals surface area contributed by atoms with Crippen molar-refractivity contribution in [3.8, 4) is 11.4 Å². The fourth-order valence-corrected chi connectivity index (χ4v) is 2.85. The molecule has 1 aliphatic carbocycles. The molecular formula is C16H20N4. The first kappa shape index (κ1) is 13.0. The molecule has 1 fully saturated rings. The van der Waals surface area contributed by atoms with E-state index in [9.17, 15) is 0 Å². The summed E-state index contributed by atoms with van der Waals surface area (Å²) >= 11 is 0. The molecule has 0 bridgehead atoms. The van der Waals surface area contributed by atoms with Crippen LogP contribution in [0.4, 0.5) is 5.95 Å². The first-order chi connectivity index (χ1) is 9.83. The highest BCUT2D eigenvalue weighted by Gasteiger charge is 2.19. The van der Waals surface area contributed by atoms with Crippen LogP contribution in [0.2, 0.25) is 0 Å². The molecule has 0 saturated heterocycles. The van der Waals surface area contributed by atoms with Gasteiger partial charge in [0, 0.05) is 11.5 Å². The minimum atomic E-state index is 0.332. The zero-order valence-electron chi connectivity index (χ0n) is 11.6. The number of hydrogen-bond donors (Lipinski definition) is 1. The van der Waals surface area contributed by atoms with E-state index in [-0.39, 0.29) is 0 Å². The lowest BCUT2D eigenvalue weighted by Crippen LogP contribution is -2.09. The zero-order valence-corrected chi connectivity index (χ0v) is 11.6. The lowest BCUT2D eigenvalue weighted by atomic mass is 9.99. The van der Waals surface area contributed by atoms with Crippen LogP contribution in [0.3, 0.4) is 0 Å². The summed E-state index contributed by atoms with van der Waals surface area (Å²) in [5.41, 5.74) is 6.88. The average molecular weight is 268 g/mol. The average Bonchev–Trinajstić information content (AvgIpc) is 2.77. The van der Waals surface area contributed by atoms with Gasteiger partial charge < -0.3 is 5.73 Å². The molecule has 0 unspecified atom stereocenters. The summed E-state index contributed by atoms with van der Waals surface area (Å²) in [4.78, 5) is 13.3. The Bertz CT molecular complexity index is 560. The molecule has 1 aromatic carbocycles. The maximum absolute atomic E-state index is 5.88. The Morgan fingerprint density at radius 3 is 2.25 bits per heavy atom.